The number of fused-ring (bicyclic) bond motifs is 1. The fourth-order valence-corrected chi connectivity index (χ4v) is 2.53. The number of anilines is 3. The molecule has 22 heavy (non-hydrogen) atoms. The van der Waals surface area contributed by atoms with Crippen LogP contribution in [0.1, 0.15) is 16.1 Å². The van der Waals surface area contributed by atoms with E-state index in [-0.39, 0.29) is 17.9 Å². The van der Waals surface area contributed by atoms with Crippen LogP contribution in [0, 0.1) is 6.92 Å². The molecule has 4 N–H and O–H groups in total. The van der Waals surface area contributed by atoms with E-state index in [0.29, 0.717) is 36.1 Å². The maximum absolute atomic E-state index is 12.6. The third-order valence-corrected chi connectivity index (χ3v) is 3.49. The minimum Gasteiger partial charge on any atom is -0.384 e. The van der Waals surface area contributed by atoms with Crippen LogP contribution in [0.2, 0.25) is 0 Å². The number of ketones is 1. The Morgan fingerprint density at radius 1 is 1.32 bits per heavy atom. The molecule has 1 aliphatic rings. The van der Waals surface area contributed by atoms with Crippen molar-refractivity contribution in [2.45, 2.75) is 13.5 Å². The number of nitrogens with two attached hydrogens (primary N) is 1. The van der Waals surface area contributed by atoms with E-state index in [9.17, 15) is 9.59 Å². The third kappa shape index (κ3) is 2.56. The second-order valence-corrected chi connectivity index (χ2v) is 5.10. The fraction of sp³-hybridized carbons (Fsp3) is 0.286. The summed E-state index contributed by atoms with van der Waals surface area (Å²) >= 11 is 0. The van der Waals surface area contributed by atoms with E-state index in [4.69, 9.17) is 5.73 Å². The zero-order valence-electron chi connectivity index (χ0n) is 12.1. The van der Waals surface area contributed by atoms with Crippen LogP contribution in [0.25, 0.3) is 0 Å². The van der Waals surface area contributed by atoms with Crippen molar-refractivity contribution in [2.75, 3.05) is 24.1 Å². The second-order valence-electron chi connectivity index (χ2n) is 5.10. The summed E-state index contributed by atoms with van der Waals surface area (Å²) in [6.45, 7) is 3.08. The number of pyridine rings is 1. The number of hydrogen-bond donors (Lipinski definition) is 3. The van der Waals surface area contributed by atoms with E-state index in [2.05, 4.69) is 20.6 Å². The number of nitrogens with one attached hydrogen (secondary N) is 2. The lowest BCUT2D eigenvalue weighted by Crippen LogP contribution is -2.28. The molecule has 0 radical (unpaired) electrons. The molecule has 3 rings (SSSR count). The third-order valence-electron chi connectivity index (χ3n) is 3.49. The van der Waals surface area contributed by atoms with Crippen molar-refractivity contribution in [3.63, 3.8) is 0 Å². The lowest BCUT2D eigenvalue weighted by atomic mass is 10.1. The number of aryl methyl sites for hydroxylation is 1. The zero-order chi connectivity index (χ0) is 15.7. The largest absolute Gasteiger partial charge is 0.384 e. The number of carbonyl (C=O) groups is 1. The highest BCUT2D eigenvalue weighted by molar-refractivity contribution is 5.98. The van der Waals surface area contributed by atoms with Gasteiger partial charge in [-0.2, -0.15) is 0 Å². The lowest BCUT2D eigenvalue weighted by molar-refractivity contribution is 0.0987. The van der Waals surface area contributed by atoms with Gasteiger partial charge in [0.25, 0.3) is 5.56 Å². The standard InChI is InChI=1S/C14H16N6O2/c1-8-4-9(19-12-5-11(15)17-7-18-12)14(22)20-3-2-16-6-10(21)13(8)20/h4-5,7,16H,2-3,6H2,1H3,(H3,15,17,18,19). The van der Waals surface area contributed by atoms with Crippen LogP contribution in [-0.4, -0.2) is 33.4 Å². The second kappa shape index (κ2) is 5.57. The van der Waals surface area contributed by atoms with Gasteiger partial charge in [-0.3, -0.25) is 9.59 Å². The molecule has 3 heterocycles. The lowest BCUT2D eigenvalue weighted by Gasteiger charge is -2.14. The maximum Gasteiger partial charge on any atom is 0.274 e. The molecule has 114 valence electrons. The number of aromatic nitrogens is 3. The first-order valence-corrected chi connectivity index (χ1v) is 6.89. The Bertz CT molecular complexity index is 798. The van der Waals surface area contributed by atoms with Gasteiger partial charge in [0.1, 0.15) is 23.7 Å². The topological polar surface area (TPSA) is 115 Å². The molecule has 0 bridgehead atoms. The number of Topliss-reactive ketones (excluding diaryl/α,β-unsaturated/α-hetero) is 1. The molecule has 0 fully saturated rings. The Morgan fingerprint density at radius 3 is 2.91 bits per heavy atom. The number of hydrogen-bond acceptors (Lipinski definition) is 7. The van der Waals surface area contributed by atoms with Crippen molar-refractivity contribution in [1.29, 1.82) is 0 Å². The summed E-state index contributed by atoms with van der Waals surface area (Å²) in [7, 11) is 0. The van der Waals surface area contributed by atoms with Crippen molar-refractivity contribution < 1.29 is 4.79 Å². The minimum absolute atomic E-state index is 0.0788. The molecule has 1 aliphatic heterocycles. The molecule has 0 aromatic carbocycles. The Morgan fingerprint density at radius 2 is 2.14 bits per heavy atom. The average Bonchev–Trinajstić information content (AvgIpc) is 2.67. The smallest absolute Gasteiger partial charge is 0.274 e. The van der Waals surface area contributed by atoms with Gasteiger partial charge in [-0.1, -0.05) is 0 Å². The summed E-state index contributed by atoms with van der Waals surface area (Å²) in [5.41, 5.74) is 6.91. The Kier molecular flexibility index (Phi) is 3.60. The predicted molar refractivity (Wildman–Crippen MR) is 82.4 cm³/mol. The first-order valence-electron chi connectivity index (χ1n) is 6.89. The zero-order valence-corrected chi connectivity index (χ0v) is 12.1. The van der Waals surface area contributed by atoms with Crippen LogP contribution < -0.4 is 21.9 Å². The molecule has 0 amide bonds. The summed E-state index contributed by atoms with van der Waals surface area (Å²) in [5.74, 6) is 0.663. The van der Waals surface area contributed by atoms with Crippen molar-refractivity contribution in [2.24, 2.45) is 0 Å². The monoisotopic (exact) mass is 300 g/mol. The molecular weight excluding hydrogens is 284 g/mol. The normalized spacial score (nSPS) is 14.3. The van der Waals surface area contributed by atoms with E-state index in [1.54, 1.807) is 6.07 Å². The molecule has 0 spiro atoms. The molecule has 0 atom stereocenters. The fourth-order valence-electron chi connectivity index (χ4n) is 2.53. The summed E-state index contributed by atoms with van der Waals surface area (Å²) in [4.78, 5) is 32.5. The van der Waals surface area contributed by atoms with Gasteiger partial charge in [-0.25, -0.2) is 9.97 Å². The SMILES string of the molecule is Cc1cc(Nc2cc(N)ncn2)c(=O)n2c1C(=O)CNCC2. The molecular formula is C14H16N6O2. The molecule has 2 aromatic heterocycles. The van der Waals surface area contributed by atoms with Gasteiger partial charge in [0.05, 0.1) is 12.2 Å². The van der Waals surface area contributed by atoms with E-state index in [0.717, 1.165) is 5.56 Å². The molecule has 8 nitrogen and oxygen atoms in total. The molecule has 0 saturated carbocycles. The van der Waals surface area contributed by atoms with Gasteiger partial charge >= 0.3 is 0 Å². The van der Waals surface area contributed by atoms with E-state index in [1.165, 1.54) is 17.0 Å². The van der Waals surface area contributed by atoms with Gasteiger partial charge in [-0.05, 0) is 18.6 Å². The summed E-state index contributed by atoms with van der Waals surface area (Å²) in [5, 5.41) is 5.95. The van der Waals surface area contributed by atoms with Gasteiger partial charge in [0.2, 0.25) is 0 Å². The van der Waals surface area contributed by atoms with Crippen molar-refractivity contribution >= 4 is 23.1 Å². The molecule has 0 saturated heterocycles. The van der Waals surface area contributed by atoms with Crippen LogP contribution in [-0.2, 0) is 6.54 Å². The van der Waals surface area contributed by atoms with E-state index >= 15 is 0 Å². The van der Waals surface area contributed by atoms with Gasteiger partial charge in [-0.15, -0.1) is 0 Å². The molecule has 8 heteroatoms. The van der Waals surface area contributed by atoms with Gasteiger partial charge in [0.15, 0.2) is 5.78 Å². The molecule has 2 aromatic rings. The molecule has 0 aliphatic carbocycles. The Hall–Kier alpha value is -2.74. The highest BCUT2D eigenvalue weighted by Crippen LogP contribution is 2.17. The summed E-state index contributed by atoms with van der Waals surface area (Å²) in [6, 6.07) is 3.20. The minimum atomic E-state index is -0.255. The van der Waals surface area contributed by atoms with Gasteiger partial charge in [0, 0.05) is 19.2 Å². The number of nitrogens with zero attached hydrogens (tertiary/aromatic N) is 3. The first-order chi connectivity index (χ1) is 10.6. The Balaban J connectivity index is 2.07. The maximum atomic E-state index is 12.6. The van der Waals surface area contributed by atoms with Crippen molar-refractivity contribution in [3.8, 4) is 0 Å². The highest BCUT2D eigenvalue weighted by Gasteiger charge is 2.20. The predicted octanol–water partition coefficient (Wildman–Crippen LogP) is 0.0584. The Labute approximate surface area is 126 Å². The quantitative estimate of drug-likeness (QED) is 0.718. The van der Waals surface area contributed by atoms with Crippen LogP contribution in [0.4, 0.5) is 17.3 Å². The van der Waals surface area contributed by atoms with Crippen molar-refractivity contribution in [3.05, 3.63) is 40.1 Å². The van der Waals surface area contributed by atoms with Crippen LogP contribution in [0.3, 0.4) is 0 Å². The van der Waals surface area contributed by atoms with Crippen LogP contribution in [0.15, 0.2) is 23.3 Å². The summed E-state index contributed by atoms with van der Waals surface area (Å²) in [6.07, 6.45) is 1.32. The molecule has 0 unspecified atom stereocenters. The van der Waals surface area contributed by atoms with Gasteiger partial charge < -0.3 is 20.9 Å². The van der Waals surface area contributed by atoms with Crippen LogP contribution in [0.5, 0.6) is 0 Å². The first kappa shape index (κ1) is 14.2. The number of rotatable bonds is 2. The van der Waals surface area contributed by atoms with Crippen LogP contribution >= 0.6 is 0 Å². The van der Waals surface area contributed by atoms with E-state index < -0.39 is 0 Å². The summed E-state index contributed by atoms with van der Waals surface area (Å²) < 4.78 is 1.50. The number of nitrogen functional groups attached to an aromatic ring is 1. The highest BCUT2D eigenvalue weighted by atomic mass is 16.1. The average molecular weight is 300 g/mol. The number of carbonyl (C=O) groups excluding carboxylic acids is 1. The van der Waals surface area contributed by atoms with Crippen molar-refractivity contribution in [1.82, 2.24) is 19.9 Å². The van der Waals surface area contributed by atoms with E-state index in [1.807, 2.05) is 6.92 Å².